The minimum absolute atomic E-state index is 0.00178. The van der Waals surface area contributed by atoms with Gasteiger partial charge >= 0.3 is 0 Å². The molecule has 0 fully saturated rings. The maximum atomic E-state index is 9.22. The average Bonchev–Trinajstić information content (AvgIpc) is 2.46. The van der Waals surface area contributed by atoms with E-state index in [0.717, 1.165) is 11.3 Å². The molecule has 0 saturated heterocycles. The van der Waals surface area contributed by atoms with Gasteiger partial charge in [0.2, 0.25) is 0 Å². The molecule has 1 aromatic rings. The highest BCUT2D eigenvalue weighted by Crippen LogP contribution is 2.25. The Morgan fingerprint density at radius 2 is 2.00 bits per heavy atom. The predicted molar refractivity (Wildman–Crippen MR) is 57.2 cm³/mol. The molecule has 80 valence electrons. The fourth-order valence-electron chi connectivity index (χ4n) is 1.44. The molecular weight excluding hydrogens is 176 g/mol. The number of rotatable bonds is 2. The lowest BCUT2D eigenvalue weighted by Gasteiger charge is -2.16. The summed E-state index contributed by atoms with van der Waals surface area (Å²) < 4.78 is 1.91. The summed E-state index contributed by atoms with van der Waals surface area (Å²) in [5.74, 6) is 0. The predicted octanol–water partition coefficient (Wildman–Crippen LogP) is 2.25. The highest BCUT2D eigenvalue weighted by molar-refractivity contribution is 5.23. The van der Waals surface area contributed by atoms with E-state index in [1.54, 1.807) is 0 Å². The van der Waals surface area contributed by atoms with Gasteiger partial charge in [-0.15, -0.1) is 0 Å². The Hall–Kier alpha value is -0.830. The zero-order chi connectivity index (χ0) is 10.9. The Balaban J connectivity index is 3.16. The van der Waals surface area contributed by atoms with Crippen molar-refractivity contribution in [2.75, 3.05) is 0 Å². The maximum Gasteiger partial charge on any atom is 0.0733 e. The van der Waals surface area contributed by atoms with Gasteiger partial charge in [0, 0.05) is 23.2 Å². The van der Waals surface area contributed by atoms with Crippen LogP contribution >= 0.6 is 0 Å². The second-order valence-electron chi connectivity index (χ2n) is 4.98. The molecule has 3 nitrogen and oxygen atoms in total. The van der Waals surface area contributed by atoms with Crippen molar-refractivity contribution in [2.24, 2.45) is 0 Å². The minimum Gasteiger partial charge on any atom is -0.392 e. The van der Waals surface area contributed by atoms with Gasteiger partial charge in [0.1, 0.15) is 0 Å². The second kappa shape index (κ2) is 3.73. The molecule has 0 bridgehead atoms. The second-order valence-corrected chi connectivity index (χ2v) is 4.98. The van der Waals surface area contributed by atoms with E-state index in [1.807, 2.05) is 10.9 Å². The summed E-state index contributed by atoms with van der Waals surface area (Å²) >= 11 is 0. The van der Waals surface area contributed by atoms with Crippen molar-refractivity contribution in [2.45, 2.75) is 52.7 Å². The average molecular weight is 196 g/mol. The van der Waals surface area contributed by atoms with E-state index in [9.17, 15) is 5.11 Å². The van der Waals surface area contributed by atoms with Crippen molar-refractivity contribution in [3.63, 3.8) is 0 Å². The van der Waals surface area contributed by atoms with Crippen LogP contribution in [0.1, 0.15) is 51.9 Å². The van der Waals surface area contributed by atoms with Gasteiger partial charge in [-0.05, 0) is 13.8 Å². The van der Waals surface area contributed by atoms with Crippen LogP contribution in [0.3, 0.4) is 0 Å². The van der Waals surface area contributed by atoms with Gasteiger partial charge in [-0.1, -0.05) is 20.8 Å². The van der Waals surface area contributed by atoms with E-state index in [2.05, 4.69) is 39.7 Å². The van der Waals surface area contributed by atoms with Crippen molar-refractivity contribution in [3.05, 3.63) is 17.5 Å². The van der Waals surface area contributed by atoms with E-state index in [0.29, 0.717) is 6.04 Å². The number of aliphatic hydroxyl groups excluding tert-OH is 1. The molecule has 0 unspecified atom stereocenters. The summed E-state index contributed by atoms with van der Waals surface area (Å²) in [5.41, 5.74) is 1.93. The van der Waals surface area contributed by atoms with Crippen LogP contribution in [0, 0.1) is 0 Å². The number of aliphatic hydroxyl groups is 1. The SMILES string of the molecule is CC(C)n1cc(CO)c(C(C)(C)C)n1. The van der Waals surface area contributed by atoms with E-state index >= 15 is 0 Å². The molecule has 0 spiro atoms. The lowest BCUT2D eigenvalue weighted by molar-refractivity contribution is 0.278. The van der Waals surface area contributed by atoms with Gasteiger partial charge in [-0.3, -0.25) is 4.68 Å². The van der Waals surface area contributed by atoms with Gasteiger partial charge in [0.05, 0.1) is 12.3 Å². The zero-order valence-corrected chi connectivity index (χ0v) is 9.70. The normalized spacial score (nSPS) is 12.5. The summed E-state index contributed by atoms with van der Waals surface area (Å²) in [6.45, 7) is 10.6. The monoisotopic (exact) mass is 196 g/mol. The van der Waals surface area contributed by atoms with Crippen molar-refractivity contribution in [1.82, 2.24) is 9.78 Å². The Morgan fingerprint density at radius 1 is 1.43 bits per heavy atom. The molecule has 0 aliphatic heterocycles. The van der Waals surface area contributed by atoms with Crippen molar-refractivity contribution in [1.29, 1.82) is 0 Å². The van der Waals surface area contributed by atoms with Crippen LogP contribution in [0.25, 0.3) is 0 Å². The maximum absolute atomic E-state index is 9.22. The molecule has 0 amide bonds. The van der Waals surface area contributed by atoms with Crippen molar-refractivity contribution >= 4 is 0 Å². The quantitative estimate of drug-likeness (QED) is 0.787. The summed E-state index contributed by atoms with van der Waals surface area (Å²) in [7, 11) is 0. The van der Waals surface area contributed by atoms with Crippen LogP contribution in [0.5, 0.6) is 0 Å². The first-order valence-corrected chi connectivity index (χ1v) is 5.05. The van der Waals surface area contributed by atoms with E-state index in [-0.39, 0.29) is 12.0 Å². The highest BCUT2D eigenvalue weighted by Gasteiger charge is 2.22. The van der Waals surface area contributed by atoms with Gasteiger partial charge in [0.15, 0.2) is 0 Å². The van der Waals surface area contributed by atoms with Crippen LogP contribution in [0.2, 0.25) is 0 Å². The van der Waals surface area contributed by atoms with Gasteiger partial charge in [0.25, 0.3) is 0 Å². The van der Waals surface area contributed by atoms with Gasteiger partial charge in [-0.2, -0.15) is 5.10 Å². The molecule has 1 heterocycles. The minimum atomic E-state index is -0.00178. The number of nitrogens with zero attached hydrogens (tertiary/aromatic N) is 2. The van der Waals surface area contributed by atoms with Gasteiger partial charge in [-0.25, -0.2) is 0 Å². The Bertz CT molecular complexity index is 308. The lowest BCUT2D eigenvalue weighted by Crippen LogP contribution is -2.15. The van der Waals surface area contributed by atoms with E-state index < -0.39 is 0 Å². The summed E-state index contributed by atoms with van der Waals surface area (Å²) in [5, 5.41) is 13.7. The largest absolute Gasteiger partial charge is 0.392 e. The Labute approximate surface area is 85.8 Å². The number of aromatic nitrogens is 2. The molecule has 14 heavy (non-hydrogen) atoms. The van der Waals surface area contributed by atoms with Crippen LogP contribution in [-0.2, 0) is 12.0 Å². The summed E-state index contributed by atoms with van der Waals surface area (Å²) in [4.78, 5) is 0. The van der Waals surface area contributed by atoms with Crippen LogP contribution in [0.4, 0.5) is 0 Å². The van der Waals surface area contributed by atoms with Crippen LogP contribution < -0.4 is 0 Å². The molecule has 1 aromatic heterocycles. The fraction of sp³-hybridized carbons (Fsp3) is 0.727. The third-order valence-electron chi connectivity index (χ3n) is 2.22. The molecule has 3 heteroatoms. The number of hydrogen-bond donors (Lipinski definition) is 1. The molecule has 0 aromatic carbocycles. The summed E-state index contributed by atoms with van der Waals surface area (Å²) in [6, 6.07) is 0.344. The topological polar surface area (TPSA) is 38.0 Å². The third kappa shape index (κ3) is 2.15. The number of hydrogen-bond acceptors (Lipinski definition) is 2. The molecule has 0 aliphatic rings. The molecular formula is C11H20N2O. The van der Waals surface area contributed by atoms with E-state index in [4.69, 9.17) is 0 Å². The Kier molecular flexibility index (Phi) is 3.00. The molecule has 1 N–H and O–H groups in total. The van der Waals surface area contributed by atoms with Crippen LogP contribution in [0.15, 0.2) is 6.20 Å². The van der Waals surface area contributed by atoms with Crippen LogP contribution in [-0.4, -0.2) is 14.9 Å². The Morgan fingerprint density at radius 3 is 2.29 bits per heavy atom. The first-order valence-electron chi connectivity index (χ1n) is 5.05. The van der Waals surface area contributed by atoms with E-state index in [1.165, 1.54) is 0 Å². The highest BCUT2D eigenvalue weighted by atomic mass is 16.3. The molecule has 0 atom stereocenters. The van der Waals surface area contributed by atoms with Gasteiger partial charge < -0.3 is 5.11 Å². The first-order chi connectivity index (χ1) is 6.36. The lowest BCUT2D eigenvalue weighted by atomic mass is 9.90. The summed E-state index contributed by atoms with van der Waals surface area (Å²) in [6.07, 6.45) is 1.94. The molecule has 0 aliphatic carbocycles. The first kappa shape index (κ1) is 11.2. The smallest absolute Gasteiger partial charge is 0.0733 e. The molecule has 0 radical (unpaired) electrons. The standard InChI is InChI=1S/C11H20N2O/c1-8(2)13-6-9(7-14)10(12-13)11(3,4)5/h6,8,14H,7H2,1-5H3. The zero-order valence-electron chi connectivity index (χ0n) is 9.70. The van der Waals surface area contributed by atoms with Crippen molar-refractivity contribution < 1.29 is 5.11 Å². The molecule has 1 rings (SSSR count). The van der Waals surface area contributed by atoms with Crippen molar-refractivity contribution in [3.8, 4) is 0 Å². The molecule has 0 saturated carbocycles. The third-order valence-corrected chi connectivity index (χ3v) is 2.22. The fourth-order valence-corrected chi connectivity index (χ4v) is 1.44.